The van der Waals surface area contributed by atoms with E-state index in [1.807, 2.05) is 101 Å². The van der Waals surface area contributed by atoms with Crippen LogP contribution in [-0.2, 0) is 11.3 Å². The Kier molecular flexibility index (Phi) is 7.42. The lowest BCUT2D eigenvalue weighted by atomic mass is 10.2. The van der Waals surface area contributed by atoms with Gasteiger partial charge in [-0.15, -0.1) is 10.2 Å². The lowest BCUT2D eigenvalue weighted by Crippen LogP contribution is -2.31. The predicted molar refractivity (Wildman–Crippen MR) is 132 cm³/mol. The second-order valence-corrected chi connectivity index (χ2v) is 8.33. The summed E-state index contributed by atoms with van der Waals surface area (Å²) in [6, 6.07) is 27.7. The van der Waals surface area contributed by atoms with Gasteiger partial charge < -0.3 is 9.64 Å². The molecule has 0 saturated carbocycles. The van der Waals surface area contributed by atoms with Gasteiger partial charge in [-0.1, -0.05) is 60.3 Å². The van der Waals surface area contributed by atoms with Gasteiger partial charge in [0, 0.05) is 24.3 Å². The highest BCUT2D eigenvalue weighted by atomic mass is 32.2. The van der Waals surface area contributed by atoms with Gasteiger partial charge in [0.1, 0.15) is 5.75 Å². The van der Waals surface area contributed by atoms with E-state index in [0.717, 1.165) is 28.4 Å². The SMILES string of the molecule is CCN(Cc1ccccc1)C(=O)CSc1nnc(-c2ccc(OC)cc2)n1-c1ccccc1. The Hall–Kier alpha value is -3.58. The lowest BCUT2D eigenvalue weighted by Gasteiger charge is -2.21. The van der Waals surface area contributed by atoms with Gasteiger partial charge in [0.05, 0.1) is 12.9 Å². The molecule has 0 radical (unpaired) electrons. The van der Waals surface area contributed by atoms with Crippen LogP contribution in [0.15, 0.2) is 90.1 Å². The normalized spacial score (nSPS) is 10.7. The van der Waals surface area contributed by atoms with Crippen molar-refractivity contribution in [1.82, 2.24) is 19.7 Å². The zero-order chi connectivity index (χ0) is 23.0. The number of ether oxygens (including phenoxy) is 1. The highest BCUT2D eigenvalue weighted by molar-refractivity contribution is 7.99. The van der Waals surface area contributed by atoms with Gasteiger partial charge in [0.15, 0.2) is 11.0 Å². The molecule has 0 aliphatic carbocycles. The van der Waals surface area contributed by atoms with E-state index in [9.17, 15) is 4.79 Å². The molecule has 6 nitrogen and oxygen atoms in total. The molecule has 0 saturated heterocycles. The number of carbonyl (C=O) groups excluding carboxylic acids is 1. The Balaban J connectivity index is 1.57. The van der Waals surface area contributed by atoms with E-state index in [-0.39, 0.29) is 11.7 Å². The molecule has 168 valence electrons. The van der Waals surface area contributed by atoms with Gasteiger partial charge in [-0.2, -0.15) is 0 Å². The number of hydrogen-bond acceptors (Lipinski definition) is 5. The van der Waals surface area contributed by atoms with Crippen molar-refractivity contribution in [1.29, 1.82) is 0 Å². The Morgan fingerprint density at radius 3 is 2.24 bits per heavy atom. The molecule has 0 bridgehead atoms. The van der Waals surface area contributed by atoms with E-state index in [1.54, 1.807) is 7.11 Å². The van der Waals surface area contributed by atoms with Crippen molar-refractivity contribution in [3.05, 3.63) is 90.5 Å². The number of amides is 1. The van der Waals surface area contributed by atoms with Crippen molar-refractivity contribution in [2.75, 3.05) is 19.4 Å². The summed E-state index contributed by atoms with van der Waals surface area (Å²) in [6.45, 7) is 3.25. The molecule has 33 heavy (non-hydrogen) atoms. The van der Waals surface area contributed by atoms with Gasteiger partial charge in [-0.25, -0.2) is 0 Å². The molecule has 1 aromatic heterocycles. The van der Waals surface area contributed by atoms with Crippen LogP contribution in [0.3, 0.4) is 0 Å². The molecule has 0 fully saturated rings. The number of para-hydroxylation sites is 1. The minimum atomic E-state index is 0.0694. The van der Waals surface area contributed by atoms with Crippen molar-refractivity contribution >= 4 is 17.7 Å². The van der Waals surface area contributed by atoms with Crippen molar-refractivity contribution in [3.63, 3.8) is 0 Å². The van der Waals surface area contributed by atoms with E-state index in [4.69, 9.17) is 4.74 Å². The first-order valence-corrected chi connectivity index (χ1v) is 11.8. The number of aromatic nitrogens is 3. The average molecular weight is 459 g/mol. The third kappa shape index (κ3) is 5.43. The molecule has 3 aromatic carbocycles. The molecule has 4 aromatic rings. The largest absolute Gasteiger partial charge is 0.497 e. The summed E-state index contributed by atoms with van der Waals surface area (Å²) in [6.07, 6.45) is 0. The molecule has 0 unspecified atom stereocenters. The van der Waals surface area contributed by atoms with E-state index >= 15 is 0 Å². The fraction of sp³-hybridized carbons (Fsp3) is 0.192. The summed E-state index contributed by atoms with van der Waals surface area (Å²) in [4.78, 5) is 14.8. The highest BCUT2D eigenvalue weighted by Gasteiger charge is 2.19. The van der Waals surface area contributed by atoms with Gasteiger partial charge in [0.2, 0.25) is 5.91 Å². The molecule has 0 aliphatic rings. The Bertz CT molecular complexity index is 1180. The summed E-state index contributed by atoms with van der Waals surface area (Å²) < 4.78 is 7.27. The summed E-state index contributed by atoms with van der Waals surface area (Å²) in [7, 11) is 1.64. The molecular formula is C26H26N4O2S. The summed E-state index contributed by atoms with van der Waals surface area (Å²) in [5, 5.41) is 9.56. The van der Waals surface area contributed by atoms with Crippen LogP contribution in [-0.4, -0.2) is 45.0 Å². The van der Waals surface area contributed by atoms with Crippen molar-refractivity contribution in [2.24, 2.45) is 0 Å². The van der Waals surface area contributed by atoms with Crippen LogP contribution >= 0.6 is 11.8 Å². The third-order valence-electron chi connectivity index (χ3n) is 5.27. The number of thioether (sulfide) groups is 1. The second-order valence-electron chi connectivity index (χ2n) is 7.39. The zero-order valence-electron chi connectivity index (χ0n) is 18.7. The quantitative estimate of drug-likeness (QED) is 0.327. The maximum absolute atomic E-state index is 13.0. The fourth-order valence-electron chi connectivity index (χ4n) is 3.50. The minimum Gasteiger partial charge on any atom is -0.497 e. The maximum Gasteiger partial charge on any atom is 0.233 e. The number of methoxy groups -OCH3 is 1. The predicted octanol–water partition coefficient (Wildman–Crippen LogP) is 5.08. The van der Waals surface area contributed by atoms with Crippen LogP contribution in [0.2, 0.25) is 0 Å². The number of benzene rings is 3. The molecule has 0 atom stereocenters. The van der Waals surface area contributed by atoms with Crippen molar-refractivity contribution in [2.45, 2.75) is 18.6 Å². The summed E-state index contributed by atoms with van der Waals surface area (Å²) in [5.74, 6) is 1.85. The number of nitrogens with zero attached hydrogens (tertiary/aromatic N) is 4. The Morgan fingerprint density at radius 1 is 0.939 bits per heavy atom. The molecule has 1 heterocycles. The van der Waals surface area contributed by atoms with Crippen LogP contribution in [0.4, 0.5) is 0 Å². The first kappa shape index (κ1) is 22.6. The van der Waals surface area contributed by atoms with Crippen LogP contribution in [0, 0.1) is 0 Å². The van der Waals surface area contributed by atoms with Gasteiger partial charge in [-0.3, -0.25) is 9.36 Å². The minimum absolute atomic E-state index is 0.0694. The molecule has 0 spiro atoms. The first-order chi connectivity index (χ1) is 16.2. The maximum atomic E-state index is 13.0. The highest BCUT2D eigenvalue weighted by Crippen LogP contribution is 2.29. The molecule has 7 heteroatoms. The monoisotopic (exact) mass is 458 g/mol. The Morgan fingerprint density at radius 2 is 1.61 bits per heavy atom. The van der Waals surface area contributed by atoms with Crippen LogP contribution in [0.1, 0.15) is 12.5 Å². The van der Waals surface area contributed by atoms with Gasteiger partial charge in [-0.05, 0) is 48.9 Å². The molecule has 0 N–H and O–H groups in total. The van der Waals surface area contributed by atoms with Crippen molar-refractivity contribution in [3.8, 4) is 22.8 Å². The van der Waals surface area contributed by atoms with Crippen LogP contribution in [0.5, 0.6) is 5.75 Å². The standard InChI is InChI=1S/C26H26N4O2S/c1-3-29(18-20-10-6-4-7-11-20)24(31)19-33-26-28-27-25(21-14-16-23(32-2)17-15-21)30(26)22-12-8-5-9-13-22/h4-17H,3,18-19H2,1-2H3. The number of hydrogen-bond donors (Lipinski definition) is 0. The fourth-order valence-corrected chi connectivity index (χ4v) is 4.35. The van der Waals surface area contributed by atoms with Gasteiger partial charge in [0.25, 0.3) is 0 Å². The Labute approximate surface area is 198 Å². The van der Waals surface area contributed by atoms with Crippen molar-refractivity contribution < 1.29 is 9.53 Å². The summed E-state index contributed by atoms with van der Waals surface area (Å²) in [5.41, 5.74) is 2.98. The molecular weight excluding hydrogens is 432 g/mol. The zero-order valence-corrected chi connectivity index (χ0v) is 19.5. The molecule has 1 amide bonds. The second kappa shape index (κ2) is 10.8. The molecule has 4 rings (SSSR count). The van der Waals surface area contributed by atoms with E-state index in [1.165, 1.54) is 11.8 Å². The van der Waals surface area contributed by atoms with Gasteiger partial charge >= 0.3 is 0 Å². The van der Waals surface area contributed by atoms with E-state index < -0.39 is 0 Å². The smallest absolute Gasteiger partial charge is 0.233 e. The van der Waals surface area contributed by atoms with Crippen LogP contribution in [0.25, 0.3) is 17.1 Å². The van der Waals surface area contributed by atoms with E-state index in [2.05, 4.69) is 10.2 Å². The number of rotatable bonds is 9. The molecule has 0 aliphatic heterocycles. The van der Waals surface area contributed by atoms with E-state index in [0.29, 0.717) is 18.2 Å². The topological polar surface area (TPSA) is 60.3 Å². The third-order valence-corrected chi connectivity index (χ3v) is 6.19. The number of carbonyl (C=O) groups is 1. The first-order valence-electron chi connectivity index (χ1n) is 10.8. The summed E-state index contributed by atoms with van der Waals surface area (Å²) >= 11 is 1.40. The average Bonchev–Trinajstić information content (AvgIpc) is 3.31. The lowest BCUT2D eigenvalue weighted by molar-refractivity contribution is -0.128. The van der Waals surface area contributed by atoms with Crippen LogP contribution < -0.4 is 4.74 Å².